The Kier molecular flexibility index (Phi) is 4.06. The third-order valence-electron chi connectivity index (χ3n) is 3.95. The summed E-state index contributed by atoms with van der Waals surface area (Å²) in [5.74, 6) is -2.92. The van der Waals surface area contributed by atoms with Crippen LogP contribution in [0.5, 0.6) is 0 Å². The Morgan fingerprint density at radius 3 is 1.92 bits per heavy atom. The summed E-state index contributed by atoms with van der Waals surface area (Å²) in [7, 11) is 0. The van der Waals surface area contributed by atoms with Gasteiger partial charge in [-0.25, -0.2) is 4.79 Å². The van der Waals surface area contributed by atoms with Crippen LogP contribution in [0.4, 0.5) is 0 Å². The zero-order valence-corrected chi connectivity index (χ0v) is 13.2. The molecule has 7 heteroatoms. The van der Waals surface area contributed by atoms with Crippen molar-refractivity contribution in [2.24, 2.45) is 0 Å². The lowest BCUT2D eigenvalue weighted by Crippen LogP contribution is -2.49. The second-order valence-electron chi connectivity index (χ2n) is 5.53. The van der Waals surface area contributed by atoms with Gasteiger partial charge in [0.25, 0.3) is 17.7 Å². The molecule has 0 spiro atoms. The van der Waals surface area contributed by atoms with Gasteiger partial charge in [0.05, 0.1) is 22.3 Å². The fraction of sp³-hybridized carbons (Fsp3) is 0.111. The lowest BCUT2D eigenvalue weighted by molar-refractivity contribution is 0.0555. The summed E-state index contributed by atoms with van der Waals surface area (Å²) in [5, 5.41) is 11.7. The number of rotatable bonds is 4. The van der Waals surface area contributed by atoms with Crippen molar-refractivity contribution in [3.05, 3.63) is 70.8 Å². The number of imide groups is 1. The van der Waals surface area contributed by atoms with Crippen LogP contribution in [0.2, 0.25) is 0 Å². The van der Waals surface area contributed by atoms with Crippen LogP contribution in [0, 0.1) is 0 Å². The van der Waals surface area contributed by atoms with E-state index in [0.717, 1.165) is 4.90 Å². The van der Waals surface area contributed by atoms with Gasteiger partial charge in [-0.05, 0) is 31.2 Å². The lowest BCUT2D eigenvalue weighted by atomic mass is 10.1. The molecule has 2 aromatic carbocycles. The van der Waals surface area contributed by atoms with E-state index < -0.39 is 29.9 Å². The van der Waals surface area contributed by atoms with Crippen LogP contribution < -0.4 is 5.32 Å². The average molecular weight is 338 g/mol. The molecule has 2 N–H and O–H groups in total. The number of carboxylic acid groups (broad SMARTS) is 1. The Hall–Kier alpha value is -3.48. The van der Waals surface area contributed by atoms with Crippen molar-refractivity contribution in [3.8, 4) is 0 Å². The van der Waals surface area contributed by atoms with Gasteiger partial charge in [0.2, 0.25) is 0 Å². The van der Waals surface area contributed by atoms with E-state index in [9.17, 15) is 19.2 Å². The molecule has 0 aliphatic carbocycles. The molecule has 2 aromatic rings. The number of benzene rings is 2. The van der Waals surface area contributed by atoms with Crippen molar-refractivity contribution in [2.75, 3.05) is 0 Å². The molecule has 1 atom stereocenters. The molecule has 1 aliphatic heterocycles. The van der Waals surface area contributed by atoms with Gasteiger partial charge in [0.1, 0.15) is 6.17 Å². The van der Waals surface area contributed by atoms with E-state index in [0.29, 0.717) is 0 Å². The number of hydrogen-bond donors (Lipinski definition) is 2. The number of carboxylic acids is 1. The van der Waals surface area contributed by atoms with Gasteiger partial charge in [0.15, 0.2) is 0 Å². The van der Waals surface area contributed by atoms with Crippen LogP contribution in [-0.2, 0) is 0 Å². The number of amides is 3. The third kappa shape index (κ3) is 2.76. The molecule has 25 heavy (non-hydrogen) atoms. The number of carbonyl (C=O) groups excluding carboxylic acids is 3. The predicted molar refractivity (Wildman–Crippen MR) is 87.3 cm³/mol. The normalized spacial score (nSPS) is 14.2. The van der Waals surface area contributed by atoms with Crippen LogP contribution in [0.25, 0.3) is 0 Å². The van der Waals surface area contributed by atoms with Crippen LogP contribution in [0.3, 0.4) is 0 Å². The van der Waals surface area contributed by atoms with Gasteiger partial charge >= 0.3 is 5.97 Å². The van der Waals surface area contributed by atoms with Crippen molar-refractivity contribution in [1.82, 2.24) is 10.2 Å². The molecule has 0 fully saturated rings. The summed E-state index contributed by atoms with van der Waals surface area (Å²) in [4.78, 5) is 49.4. The maximum atomic E-state index is 12.4. The zero-order chi connectivity index (χ0) is 18.1. The van der Waals surface area contributed by atoms with Crippen molar-refractivity contribution in [3.63, 3.8) is 0 Å². The first-order chi connectivity index (χ1) is 11.9. The molecule has 1 aliphatic rings. The maximum Gasteiger partial charge on any atom is 0.336 e. The summed E-state index contributed by atoms with van der Waals surface area (Å²) in [5.41, 5.74) is 0.354. The zero-order valence-electron chi connectivity index (χ0n) is 13.2. The van der Waals surface area contributed by atoms with Crippen molar-refractivity contribution < 1.29 is 24.3 Å². The van der Waals surface area contributed by atoms with Crippen molar-refractivity contribution >= 4 is 23.7 Å². The molecule has 3 amide bonds. The van der Waals surface area contributed by atoms with Crippen molar-refractivity contribution in [1.29, 1.82) is 0 Å². The smallest absolute Gasteiger partial charge is 0.336 e. The van der Waals surface area contributed by atoms with Crippen molar-refractivity contribution in [2.45, 2.75) is 13.1 Å². The molecule has 3 rings (SSSR count). The molecule has 0 saturated heterocycles. The summed E-state index contributed by atoms with van der Waals surface area (Å²) >= 11 is 0. The Bertz CT molecular complexity index is 871. The lowest BCUT2D eigenvalue weighted by Gasteiger charge is -2.23. The number of carbonyl (C=O) groups is 4. The van der Waals surface area contributed by atoms with Gasteiger partial charge in [-0.1, -0.05) is 24.3 Å². The molecule has 0 aromatic heterocycles. The molecule has 7 nitrogen and oxygen atoms in total. The van der Waals surface area contributed by atoms with Gasteiger partial charge < -0.3 is 10.4 Å². The second kappa shape index (κ2) is 6.20. The molecule has 0 bridgehead atoms. The molecule has 0 saturated carbocycles. The Balaban J connectivity index is 1.83. The second-order valence-corrected chi connectivity index (χ2v) is 5.53. The first kappa shape index (κ1) is 16.4. The number of aromatic carboxylic acids is 1. The molecule has 0 radical (unpaired) electrons. The van der Waals surface area contributed by atoms with E-state index in [4.69, 9.17) is 5.11 Å². The topological polar surface area (TPSA) is 104 Å². The highest BCUT2D eigenvalue weighted by molar-refractivity contribution is 6.21. The van der Waals surface area contributed by atoms with Gasteiger partial charge in [0, 0.05) is 0 Å². The standard InChI is InChI=1S/C18H14N2O5/c1-10(19-15(21)11-6-2-5-9-14(11)18(24)25)20-16(22)12-7-3-4-8-13(12)17(20)23/h2-10H,1H3,(H,19,21)(H,24,25). The highest BCUT2D eigenvalue weighted by atomic mass is 16.4. The number of nitrogens with zero attached hydrogens (tertiary/aromatic N) is 1. The third-order valence-corrected chi connectivity index (χ3v) is 3.95. The number of hydrogen-bond acceptors (Lipinski definition) is 4. The first-order valence-electron chi connectivity index (χ1n) is 7.52. The monoisotopic (exact) mass is 338 g/mol. The van der Waals surface area contributed by atoms with Crippen LogP contribution >= 0.6 is 0 Å². The first-order valence-corrected chi connectivity index (χ1v) is 7.52. The minimum atomic E-state index is -1.24. The van der Waals surface area contributed by atoms with Crippen LogP contribution in [0.1, 0.15) is 48.4 Å². The summed E-state index contributed by atoms with van der Waals surface area (Å²) in [6.45, 7) is 1.49. The number of nitrogens with one attached hydrogen (secondary N) is 1. The predicted octanol–water partition coefficient (Wildman–Crippen LogP) is 1.76. The van der Waals surface area contributed by atoms with Crippen LogP contribution in [0.15, 0.2) is 48.5 Å². The highest BCUT2D eigenvalue weighted by Crippen LogP contribution is 2.24. The Morgan fingerprint density at radius 2 is 1.40 bits per heavy atom. The van der Waals surface area contributed by atoms with E-state index in [1.54, 1.807) is 24.3 Å². The Morgan fingerprint density at radius 1 is 0.920 bits per heavy atom. The molecular formula is C18H14N2O5. The fourth-order valence-corrected chi connectivity index (χ4v) is 2.76. The summed E-state index contributed by atoms with van der Waals surface area (Å²) in [6, 6.07) is 12.1. The molecule has 126 valence electrons. The van der Waals surface area contributed by atoms with E-state index in [2.05, 4.69) is 5.32 Å². The summed E-state index contributed by atoms with van der Waals surface area (Å²) < 4.78 is 0. The summed E-state index contributed by atoms with van der Waals surface area (Å²) in [6.07, 6.45) is -0.929. The number of fused-ring (bicyclic) bond motifs is 1. The fourth-order valence-electron chi connectivity index (χ4n) is 2.76. The molecule has 1 unspecified atom stereocenters. The SMILES string of the molecule is CC(NC(=O)c1ccccc1C(=O)O)N1C(=O)c2ccccc2C1=O. The minimum Gasteiger partial charge on any atom is -0.478 e. The van der Waals surface area contributed by atoms with Gasteiger partial charge in [-0.3, -0.25) is 19.3 Å². The van der Waals surface area contributed by atoms with E-state index in [1.807, 2.05) is 0 Å². The average Bonchev–Trinajstić information content (AvgIpc) is 2.86. The van der Waals surface area contributed by atoms with E-state index in [-0.39, 0.29) is 22.3 Å². The maximum absolute atomic E-state index is 12.4. The van der Waals surface area contributed by atoms with Gasteiger partial charge in [-0.2, -0.15) is 0 Å². The molecular weight excluding hydrogens is 324 g/mol. The Labute approximate surface area is 142 Å². The van der Waals surface area contributed by atoms with E-state index >= 15 is 0 Å². The van der Waals surface area contributed by atoms with E-state index in [1.165, 1.54) is 31.2 Å². The quantitative estimate of drug-likeness (QED) is 0.827. The molecule has 1 heterocycles. The minimum absolute atomic E-state index is 0.0431. The highest BCUT2D eigenvalue weighted by Gasteiger charge is 2.38. The largest absolute Gasteiger partial charge is 0.478 e. The van der Waals surface area contributed by atoms with Gasteiger partial charge in [-0.15, -0.1) is 0 Å². The van der Waals surface area contributed by atoms with Crippen LogP contribution in [-0.4, -0.2) is 39.9 Å².